The zero-order valence-corrected chi connectivity index (χ0v) is 31.9. The van der Waals surface area contributed by atoms with Crippen LogP contribution in [0, 0.1) is 12.7 Å². The number of nitrogens with one attached hydrogen (secondary N) is 1. The van der Waals surface area contributed by atoms with E-state index in [0.717, 1.165) is 95.1 Å². The average molecular weight is 753 g/mol. The molecule has 1 unspecified atom stereocenters. The van der Waals surface area contributed by atoms with Crippen molar-refractivity contribution in [2.24, 2.45) is 0 Å². The molecule has 0 aliphatic carbocycles. The fraction of sp³-hybridized carbons (Fsp3) is 0.487. The molecule has 0 radical (unpaired) electrons. The second-order valence-corrected chi connectivity index (χ2v) is 14.9. The number of aryl methyl sites for hydroxylation is 1. The van der Waals surface area contributed by atoms with E-state index in [4.69, 9.17) is 31.0 Å². The maximum Gasteiger partial charge on any atom is 0.213 e. The highest BCUT2D eigenvalue weighted by atomic mass is 35.5. The lowest BCUT2D eigenvalue weighted by Gasteiger charge is -2.41. The monoisotopic (exact) mass is 752 g/mol. The Bertz CT molecular complexity index is 1750. The molecule has 13 heteroatoms. The molecule has 1 N–H and O–H groups in total. The predicted octanol–water partition coefficient (Wildman–Crippen LogP) is 6.96. The smallest absolute Gasteiger partial charge is 0.213 e. The summed E-state index contributed by atoms with van der Waals surface area (Å²) in [5, 5.41) is 2.80. The normalized spacial score (nSPS) is 18.8. The van der Waals surface area contributed by atoms with Gasteiger partial charge in [-0.25, -0.2) is 14.4 Å². The predicted molar refractivity (Wildman–Crippen MR) is 205 cm³/mol. The van der Waals surface area contributed by atoms with Gasteiger partial charge in [-0.1, -0.05) is 29.8 Å². The lowest BCUT2D eigenvalue weighted by Crippen LogP contribution is -2.44. The van der Waals surface area contributed by atoms with Gasteiger partial charge in [0, 0.05) is 54.3 Å². The van der Waals surface area contributed by atoms with Gasteiger partial charge in [0.15, 0.2) is 0 Å². The number of hydrogen-bond acceptors (Lipinski definition) is 8. The van der Waals surface area contributed by atoms with E-state index in [9.17, 15) is 14.0 Å². The minimum atomic E-state index is -0.372. The molecule has 280 valence electrons. The number of hydrogen-bond donors (Lipinski definition) is 1. The molecule has 10 nitrogen and oxygen atoms in total. The summed E-state index contributed by atoms with van der Waals surface area (Å²) < 4.78 is 28.4. The van der Waals surface area contributed by atoms with Crippen LogP contribution in [0.4, 0.5) is 4.39 Å². The summed E-state index contributed by atoms with van der Waals surface area (Å²) in [6.45, 7) is 11.2. The molecule has 3 aliphatic heterocycles. The summed E-state index contributed by atoms with van der Waals surface area (Å²) in [4.78, 5) is 33.2. The van der Waals surface area contributed by atoms with Gasteiger partial charge in [0.2, 0.25) is 18.7 Å². The van der Waals surface area contributed by atoms with Gasteiger partial charge < -0.3 is 24.3 Å². The number of piperidine rings is 1. The van der Waals surface area contributed by atoms with E-state index in [1.165, 1.54) is 30.0 Å². The van der Waals surface area contributed by atoms with Crippen LogP contribution in [-0.4, -0.2) is 87.7 Å². The van der Waals surface area contributed by atoms with Crippen molar-refractivity contribution in [3.8, 4) is 5.88 Å². The zero-order valence-electron chi connectivity index (χ0n) is 30.4. The zero-order chi connectivity index (χ0) is 36.9. The maximum absolute atomic E-state index is 14.1. The fourth-order valence-electron chi connectivity index (χ4n) is 6.55. The summed E-state index contributed by atoms with van der Waals surface area (Å²) in [6, 6.07) is 17.0. The van der Waals surface area contributed by atoms with E-state index in [1.807, 2.05) is 19.1 Å². The van der Waals surface area contributed by atoms with Gasteiger partial charge >= 0.3 is 0 Å². The Kier molecular flexibility index (Phi) is 14.7. The Morgan fingerprint density at radius 1 is 1.08 bits per heavy atom. The molecule has 4 aromatic rings. The molecular formula is C39H50ClFN6O4S. The lowest BCUT2D eigenvalue weighted by atomic mass is 9.93. The van der Waals surface area contributed by atoms with Crippen LogP contribution in [0.25, 0.3) is 11.0 Å². The molecule has 0 saturated carbocycles. The number of benzene rings is 2. The second kappa shape index (κ2) is 19.4. The number of amides is 2. The molecule has 2 amide bonds. The second-order valence-electron chi connectivity index (χ2n) is 13.3. The molecule has 52 heavy (non-hydrogen) atoms. The number of likely N-dealkylation sites (tertiary alicyclic amines) is 2. The molecule has 3 fully saturated rings. The molecule has 1 atom stereocenters. The first-order chi connectivity index (χ1) is 25.3. The van der Waals surface area contributed by atoms with Crippen LogP contribution < -0.4 is 10.1 Å². The molecule has 3 saturated heterocycles. The molecular weight excluding hydrogens is 703 g/mol. The SMILES string of the molecule is CCNC=O.CSC1(Cn2c(CN3CCC(c4cccc(OCc5ccc(Cl)cc5F)n4)CC3)nc3cc(C)ccc32)CCO1.O=CN1CCCC1. The van der Waals surface area contributed by atoms with Gasteiger partial charge in [-0.2, -0.15) is 0 Å². The standard InChI is InChI=1S/C31H34ClFN4O2S.C5H9NO.C3H7NO/c1-21-6-9-28-27(16-21)34-29(37(28)20-31(40-2)12-15-39-31)18-36-13-10-22(11-14-36)26-4-3-5-30(35-26)38-19-23-7-8-24(32)17-25(23)33;7-5-6-3-1-2-4-6;1-2-4-3-5/h3-9,16-17,22H,10-15,18-20H2,1-2H3;5H,1-4H2;3H,2H2,1H3,(H,4,5). The number of nitrogens with zero attached hydrogens (tertiary/aromatic N) is 5. The van der Waals surface area contributed by atoms with E-state index in [0.29, 0.717) is 28.8 Å². The number of fused-ring (bicyclic) bond motifs is 1. The molecule has 2 aromatic heterocycles. The van der Waals surface area contributed by atoms with Crippen LogP contribution in [0.1, 0.15) is 67.6 Å². The van der Waals surface area contributed by atoms with Gasteiger partial charge in [-0.15, -0.1) is 11.8 Å². The molecule has 0 spiro atoms. The third-order valence-corrected chi connectivity index (χ3v) is 11.1. The number of aromatic nitrogens is 3. The van der Waals surface area contributed by atoms with E-state index >= 15 is 0 Å². The van der Waals surface area contributed by atoms with Crippen LogP contribution in [-0.2, 0) is 34.0 Å². The van der Waals surface area contributed by atoms with E-state index in [1.54, 1.807) is 28.8 Å². The van der Waals surface area contributed by atoms with Crippen LogP contribution in [0.15, 0.2) is 54.6 Å². The minimum Gasteiger partial charge on any atom is -0.473 e. The number of pyridine rings is 1. The summed E-state index contributed by atoms with van der Waals surface area (Å²) >= 11 is 7.66. The fourth-order valence-corrected chi connectivity index (χ4v) is 7.46. The summed E-state index contributed by atoms with van der Waals surface area (Å²) in [7, 11) is 0. The summed E-state index contributed by atoms with van der Waals surface area (Å²) in [6.07, 6.45) is 9.22. The average Bonchev–Trinajstić information content (AvgIpc) is 3.78. The van der Waals surface area contributed by atoms with Gasteiger partial charge in [0.1, 0.15) is 23.2 Å². The maximum atomic E-state index is 14.1. The number of rotatable bonds is 12. The van der Waals surface area contributed by atoms with Crippen LogP contribution in [0.3, 0.4) is 0 Å². The van der Waals surface area contributed by atoms with Crippen molar-refractivity contribution in [1.82, 2.24) is 29.7 Å². The van der Waals surface area contributed by atoms with E-state index in [-0.39, 0.29) is 17.4 Å². The van der Waals surface area contributed by atoms with Crippen molar-refractivity contribution in [2.75, 3.05) is 45.6 Å². The Morgan fingerprint density at radius 2 is 1.85 bits per heavy atom. The third-order valence-electron chi connectivity index (χ3n) is 9.69. The highest BCUT2D eigenvalue weighted by Crippen LogP contribution is 2.39. The number of thioether (sulfide) groups is 1. The number of ether oxygens (including phenoxy) is 2. The number of halogens is 2. The Hall–Kier alpha value is -3.71. The van der Waals surface area contributed by atoms with Crippen molar-refractivity contribution in [3.05, 3.63) is 88.1 Å². The Balaban J connectivity index is 0.000000372. The van der Waals surface area contributed by atoms with Gasteiger partial charge in [-0.3, -0.25) is 14.5 Å². The first-order valence-corrected chi connectivity index (χ1v) is 19.6. The third kappa shape index (κ3) is 10.7. The molecule has 3 aliphatic rings. The molecule has 2 aromatic carbocycles. The van der Waals surface area contributed by atoms with Crippen molar-refractivity contribution in [1.29, 1.82) is 0 Å². The van der Waals surface area contributed by atoms with Gasteiger partial charge in [-0.05, 0) is 94.8 Å². The molecule has 0 bridgehead atoms. The Labute approximate surface area is 315 Å². The topological polar surface area (TPSA) is 102 Å². The van der Waals surface area contributed by atoms with Crippen molar-refractivity contribution in [3.63, 3.8) is 0 Å². The van der Waals surface area contributed by atoms with E-state index in [2.05, 4.69) is 52.2 Å². The van der Waals surface area contributed by atoms with E-state index < -0.39 is 0 Å². The van der Waals surface area contributed by atoms with Crippen LogP contribution in [0.2, 0.25) is 5.02 Å². The summed E-state index contributed by atoms with van der Waals surface area (Å²) in [5.41, 5.74) is 4.94. The highest BCUT2D eigenvalue weighted by molar-refractivity contribution is 7.99. The van der Waals surface area contributed by atoms with Crippen LogP contribution >= 0.6 is 23.4 Å². The molecule has 5 heterocycles. The summed E-state index contributed by atoms with van der Waals surface area (Å²) in [5.74, 6) is 1.60. The van der Waals surface area contributed by atoms with Crippen molar-refractivity contribution in [2.45, 2.75) is 76.5 Å². The first-order valence-electron chi connectivity index (χ1n) is 18.0. The highest BCUT2D eigenvalue weighted by Gasteiger charge is 2.39. The number of carbonyl (C=O) groups excluding carboxylic acids is 2. The Morgan fingerprint density at radius 3 is 2.44 bits per heavy atom. The number of imidazole rings is 1. The largest absolute Gasteiger partial charge is 0.473 e. The van der Waals surface area contributed by atoms with Crippen LogP contribution in [0.5, 0.6) is 5.88 Å². The molecule has 7 rings (SSSR count). The van der Waals surface area contributed by atoms with Gasteiger partial charge in [0.25, 0.3) is 0 Å². The number of carbonyl (C=O) groups is 2. The minimum absolute atomic E-state index is 0.112. The van der Waals surface area contributed by atoms with Crippen molar-refractivity contribution < 1.29 is 23.5 Å². The quantitative estimate of drug-likeness (QED) is 0.155. The lowest BCUT2D eigenvalue weighted by molar-refractivity contribution is -0.117. The first kappa shape index (κ1) is 39.5. The van der Waals surface area contributed by atoms with Gasteiger partial charge in [0.05, 0.1) is 30.7 Å². The van der Waals surface area contributed by atoms with Crippen molar-refractivity contribution >= 4 is 47.2 Å².